The van der Waals surface area contributed by atoms with Gasteiger partial charge in [-0.1, -0.05) is 12.1 Å². The number of hydrogen-bond donors (Lipinski definition) is 1. The van der Waals surface area contributed by atoms with E-state index in [9.17, 15) is 8.78 Å². The van der Waals surface area contributed by atoms with Crippen molar-refractivity contribution in [1.82, 2.24) is 19.7 Å². The molecule has 0 bridgehead atoms. The minimum atomic E-state index is -2.82. The first-order valence-corrected chi connectivity index (χ1v) is 6.98. The molecule has 0 amide bonds. The van der Waals surface area contributed by atoms with Crippen LogP contribution in [0, 0.1) is 0 Å². The van der Waals surface area contributed by atoms with E-state index in [2.05, 4.69) is 25.1 Å². The van der Waals surface area contributed by atoms with Crippen LogP contribution in [-0.4, -0.2) is 26.4 Å². The number of halogens is 2. The van der Waals surface area contributed by atoms with E-state index in [0.717, 1.165) is 16.6 Å². The van der Waals surface area contributed by atoms with Gasteiger partial charge in [0, 0.05) is 13.1 Å². The van der Waals surface area contributed by atoms with Crippen LogP contribution in [0.2, 0.25) is 0 Å². The van der Waals surface area contributed by atoms with Crippen LogP contribution in [-0.2, 0) is 7.05 Å². The summed E-state index contributed by atoms with van der Waals surface area (Å²) in [6.45, 7) is -0.871. The van der Waals surface area contributed by atoms with Gasteiger partial charge in [-0.25, -0.2) is 9.97 Å². The Morgan fingerprint density at radius 3 is 2.61 bits per heavy atom. The summed E-state index contributed by atoms with van der Waals surface area (Å²) in [5.74, 6) is 0.802. The summed E-state index contributed by atoms with van der Waals surface area (Å²) in [4.78, 5) is 8.43. The fourth-order valence-electron chi connectivity index (χ4n) is 2.30. The topological polar surface area (TPSA) is 64.9 Å². The second-order valence-electron chi connectivity index (χ2n) is 5.04. The largest absolute Gasteiger partial charge is 0.435 e. The van der Waals surface area contributed by atoms with Crippen molar-refractivity contribution in [2.24, 2.45) is 7.05 Å². The molecule has 120 valence electrons. The molecule has 0 spiro atoms. The van der Waals surface area contributed by atoms with Crippen LogP contribution in [0.1, 0.15) is 18.5 Å². The van der Waals surface area contributed by atoms with Crippen LogP contribution in [0.25, 0.3) is 11.0 Å². The van der Waals surface area contributed by atoms with E-state index in [1.807, 2.05) is 14.0 Å². The summed E-state index contributed by atoms with van der Waals surface area (Å²) < 4.78 is 30.3. The number of fused-ring (bicyclic) bond motifs is 1. The van der Waals surface area contributed by atoms with Crippen LogP contribution < -0.4 is 10.1 Å². The maximum Gasteiger partial charge on any atom is 0.387 e. The van der Waals surface area contributed by atoms with Crippen LogP contribution in [0.4, 0.5) is 14.6 Å². The van der Waals surface area contributed by atoms with E-state index in [4.69, 9.17) is 0 Å². The number of alkyl halides is 2. The van der Waals surface area contributed by atoms with Crippen LogP contribution in [0.15, 0.2) is 36.8 Å². The number of nitrogens with zero attached hydrogens (tertiary/aromatic N) is 4. The number of anilines is 1. The summed E-state index contributed by atoms with van der Waals surface area (Å²) in [6.07, 6.45) is 3.17. The smallest absolute Gasteiger partial charge is 0.387 e. The molecule has 0 fully saturated rings. The lowest BCUT2D eigenvalue weighted by Crippen LogP contribution is -2.09. The highest BCUT2D eigenvalue weighted by Crippen LogP contribution is 2.25. The highest BCUT2D eigenvalue weighted by molar-refractivity contribution is 5.86. The Morgan fingerprint density at radius 1 is 1.17 bits per heavy atom. The fourth-order valence-corrected chi connectivity index (χ4v) is 2.30. The average Bonchev–Trinajstić information content (AvgIpc) is 2.90. The normalized spacial score (nSPS) is 12.6. The first-order valence-electron chi connectivity index (χ1n) is 6.98. The molecule has 2 heterocycles. The second-order valence-corrected chi connectivity index (χ2v) is 5.04. The Kier molecular flexibility index (Phi) is 4.05. The Balaban J connectivity index is 1.79. The zero-order valence-corrected chi connectivity index (χ0v) is 12.6. The molecule has 23 heavy (non-hydrogen) atoms. The molecule has 0 saturated heterocycles. The lowest BCUT2D eigenvalue weighted by Gasteiger charge is -2.16. The van der Waals surface area contributed by atoms with Crippen molar-refractivity contribution in [3.05, 3.63) is 42.4 Å². The summed E-state index contributed by atoms with van der Waals surface area (Å²) in [6, 6.07) is 6.42. The minimum Gasteiger partial charge on any atom is -0.435 e. The molecule has 0 aliphatic rings. The van der Waals surface area contributed by atoms with E-state index >= 15 is 0 Å². The van der Waals surface area contributed by atoms with Gasteiger partial charge in [0.25, 0.3) is 0 Å². The third-order valence-corrected chi connectivity index (χ3v) is 3.49. The lowest BCUT2D eigenvalue weighted by molar-refractivity contribution is -0.0498. The maximum atomic E-state index is 12.2. The van der Waals surface area contributed by atoms with Crippen molar-refractivity contribution in [3.63, 3.8) is 0 Å². The minimum absolute atomic E-state index is 0.0751. The Hall–Kier alpha value is -2.77. The first-order chi connectivity index (χ1) is 11.0. The summed E-state index contributed by atoms with van der Waals surface area (Å²) in [5, 5.41) is 8.26. The Morgan fingerprint density at radius 2 is 1.91 bits per heavy atom. The first kappa shape index (κ1) is 15.1. The molecule has 3 rings (SSSR count). The molecule has 2 aromatic heterocycles. The molecule has 0 saturated carbocycles. The van der Waals surface area contributed by atoms with Gasteiger partial charge in [-0.3, -0.25) is 4.68 Å². The van der Waals surface area contributed by atoms with Crippen molar-refractivity contribution in [2.75, 3.05) is 5.32 Å². The van der Waals surface area contributed by atoms with Gasteiger partial charge in [-0.05, 0) is 24.6 Å². The standard InChI is InChI=1S/C15H15F2N5O/c1-9(10-3-5-11(6-4-10)23-15(16)17)21-13-12-7-20-22(2)14(12)19-8-18-13/h3-9,15H,1-2H3,(H,18,19,21). The van der Waals surface area contributed by atoms with Crippen molar-refractivity contribution >= 4 is 16.9 Å². The van der Waals surface area contributed by atoms with Gasteiger partial charge in [0.15, 0.2) is 5.65 Å². The molecule has 1 unspecified atom stereocenters. The quantitative estimate of drug-likeness (QED) is 0.782. The van der Waals surface area contributed by atoms with Gasteiger partial charge in [-0.2, -0.15) is 13.9 Å². The van der Waals surface area contributed by atoms with E-state index in [1.165, 1.54) is 18.5 Å². The van der Waals surface area contributed by atoms with Gasteiger partial charge >= 0.3 is 6.61 Å². The highest BCUT2D eigenvalue weighted by Gasteiger charge is 2.12. The molecule has 8 heteroatoms. The fraction of sp³-hybridized carbons (Fsp3) is 0.267. The molecule has 0 radical (unpaired) electrons. The Labute approximate surface area is 131 Å². The molecule has 1 aromatic carbocycles. The van der Waals surface area contributed by atoms with Gasteiger partial charge in [0.05, 0.1) is 11.6 Å². The predicted octanol–water partition coefficient (Wildman–Crippen LogP) is 3.14. The van der Waals surface area contributed by atoms with Crippen molar-refractivity contribution in [2.45, 2.75) is 19.6 Å². The number of nitrogens with one attached hydrogen (secondary N) is 1. The molecule has 3 aromatic rings. The molecule has 0 aliphatic heterocycles. The maximum absolute atomic E-state index is 12.2. The SMILES string of the molecule is CC(Nc1ncnc2c1cnn2C)c1ccc(OC(F)F)cc1. The third kappa shape index (κ3) is 3.20. The summed E-state index contributed by atoms with van der Waals surface area (Å²) >= 11 is 0. The zero-order chi connectivity index (χ0) is 16.4. The van der Waals surface area contributed by atoms with Crippen LogP contribution in [0.3, 0.4) is 0 Å². The van der Waals surface area contributed by atoms with E-state index in [1.54, 1.807) is 23.0 Å². The average molecular weight is 319 g/mol. The van der Waals surface area contributed by atoms with E-state index in [-0.39, 0.29) is 11.8 Å². The molecule has 1 N–H and O–H groups in total. The van der Waals surface area contributed by atoms with E-state index in [0.29, 0.717) is 5.82 Å². The second kappa shape index (κ2) is 6.15. The molecule has 0 aliphatic carbocycles. The zero-order valence-electron chi connectivity index (χ0n) is 12.6. The number of hydrogen-bond acceptors (Lipinski definition) is 5. The van der Waals surface area contributed by atoms with Crippen molar-refractivity contribution < 1.29 is 13.5 Å². The van der Waals surface area contributed by atoms with Gasteiger partial charge in [0.1, 0.15) is 17.9 Å². The Bertz CT molecular complexity index is 803. The van der Waals surface area contributed by atoms with Gasteiger partial charge < -0.3 is 10.1 Å². The molecule has 1 atom stereocenters. The third-order valence-electron chi connectivity index (χ3n) is 3.49. The lowest BCUT2D eigenvalue weighted by atomic mass is 10.1. The highest BCUT2D eigenvalue weighted by atomic mass is 19.3. The number of ether oxygens (including phenoxy) is 1. The number of aromatic nitrogens is 4. The molecular weight excluding hydrogens is 304 g/mol. The number of benzene rings is 1. The van der Waals surface area contributed by atoms with E-state index < -0.39 is 6.61 Å². The summed E-state index contributed by atoms with van der Waals surface area (Å²) in [7, 11) is 1.81. The number of aryl methyl sites for hydroxylation is 1. The van der Waals surface area contributed by atoms with Crippen LogP contribution in [0.5, 0.6) is 5.75 Å². The summed E-state index contributed by atoms with van der Waals surface area (Å²) in [5.41, 5.74) is 1.65. The monoisotopic (exact) mass is 319 g/mol. The predicted molar refractivity (Wildman–Crippen MR) is 81.4 cm³/mol. The molecular formula is C15H15F2N5O. The van der Waals surface area contributed by atoms with Crippen molar-refractivity contribution in [3.8, 4) is 5.75 Å². The van der Waals surface area contributed by atoms with Gasteiger partial charge in [-0.15, -0.1) is 0 Å². The van der Waals surface area contributed by atoms with Gasteiger partial charge in [0.2, 0.25) is 0 Å². The van der Waals surface area contributed by atoms with Crippen LogP contribution >= 0.6 is 0 Å². The number of rotatable bonds is 5. The molecule has 6 nitrogen and oxygen atoms in total. The van der Waals surface area contributed by atoms with Crippen molar-refractivity contribution in [1.29, 1.82) is 0 Å².